The van der Waals surface area contributed by atoms with Gasteiger partial charge in [0.2, 0.25) is 0 Å². The van der Waals surface area contributed by atoms with Crippen molar-refractivity contribution in [2.24, 2.45) is 0 Å². The second-order valence-corrected chi connectivity index (χ2v) is 8.60. The first-order chi connectivity index (χ1) is 16.7. The van der Waals surface area contributed by atoms with Gasteiger partial charge in [0, 0.05) is 10.9 Å². The highest BCUT2D eigenvalue weighted by Crippen LogP contribution is 2.33. The number of hydrogen-bond acceptors (Lipinski definition) is 1. The lowest BCUT2D eigenvalue weighted by molar-refractivity contribution is -0.275. The van der Waals surface area contributed by atoms with Crippen molar-refractivity contribution >= 4 is 10.8 Å². The molecule has 1 nitrogen and oxygen atoms in total. The highest BCUT2D eigenvalue weighted by Gasteiger charge is 2.32. The summed E-state index contributed by atoms with van der Waals surface area (Å²) >= 11 is 0. The van der Waals surface area contributed by atoms with E-state index in [-0.39, 0.29) is 11.1 Å². The van der Waals surface area contributed by atoms with E-state index in [1.165, 1.54) is 36.1 Å². The Morgan fingerprint density at radius 1 is 0.714 bits per heavy atom. The second kappa shape index (κ2) is 10.5. The van der Waals surface area contributed by atoms with E-state index in [1.54, 1.807) is 12.1 Å². The summed E-state index contributed by atoms with van der Waals surface area (Å²) in [6.45, 7) is 2.18. The van der Waals surface area contributed by atoms with Gasteiger partial charge >= 0.3 is 6.36 Å². The first-order valence-electron chi connectivity index (χ1n) is 11.6. The summed E-state index contributed by atoms with van der Waals surface area (Å²) < 4.78 is 70.1. The first-order valence-corrected chi connectivity index (χ1v) is 11.6. The van der Waals surface area contributed by atoms with Crippen LogP contribution in [0.3, 0.4) is 0 Å². The van der Waals surface area contributed by atoms with Crippen LogP contribution in [0.25, 0.3) is 21.9 Å². The summed E-state index contributed by atoms with van der Waals surface area (Å²) in [5, 5.41) is 1.07. The molecule has 0 N–H and O–H groups in total. The first kappa shape index (κ1) is 24.7. The van der Waals surface area contributed by atoms with E-state index in [9.17, 15) is 17.6 Å². The molecule has 0 aliphatic heterocycles. The van der Waals surface area contributed by atoms with Crippen LogP contribution in [0.15, 0.2) is 72.8 Å². The lowest BCUT2D eigenvalue weighted by atomic mass is 9.96. The van der Waals surface area contributed by atoms with Crippen LogP contribution in [0.4, 0.5) is 22.0 Å². The van der Waals surface area contributed by atoms with E-state index in [2.05, 4.69) is 35.9 Å². The van der Waals surface area contributed by atoms with Crippen molar-refractivity contribution in [3.63, 3.8) is 0 Å². The molecule has 0 aliphatic rings. The molecule has 0 heterocycles. The van der Waals surface area contributed by atoms with Crippen molar-refractivity contribution in [1.29, 1.82) is 0 Å². The lowest BCUT2D eigenvalue weighted by Crippen LogP contribution is -2.17. The van der Waals surface area contributed by atoms with Crippen molar-refractivity contribution in [3.8, 4) is 16.9 Å². The molecule has 0 saturated heterocycles. The van der Waals surface area contributed by atoms with Crippen molar-refractivity contribution in [3.05, 3.63) is 101 Å². The van der Waals surface area contributed by atoms with E-state index >= 15 is 4.39 Å². The van der Waals surface area contributed by atoms with Crippen LogP contribution >= 0.6 is 0 Å². The minimum Gasteiger partial charge on any atom is -0.403 e. The van der Waals surface area contributed by atoms with Crippen molar-refractivity contribution in [1.82, 2.24) is 0 Å². The Bertz CT molecular complexity index is 1310. The topological polar surface area (TPSA) is 9.23 Å². The van der Waals surface area contributed by atoms with Gasteiger partial charge in [-0.1, -0.05) is 74.0 Å². The van der Waals surface area contributed by atoms with E-state index < -0.39 is 23.7 Å². The molecule has 0 saturated carbocycles. The summed E-state index contributed by atoms with van der Waals surface area (Å²) in [5.41, 5.74) is 3.88. The van der Waals surface area contributed by atoms with Crippen LogP contribution in [0, 0.1) is 11.6 Å². The summed E-state index contributed by atoms with van der Waals surface area (Å²) in [7, 11) is 0. The van der Waals surface area contributed by atoms with Gasteiger partial charge in [-0.2, -0.15) is 0 Å². The number of hydrogen-bond donors (Lipinski definition) is 0. The normalized spacial score (nSPS) is 11.7. The lowest BCUT2D eigenvalue weighted by Gasteiger charge is -2.12. The minimum absolute atomic E-state index is 0.103. The molecule has 6 heteroatoms. The number of unbranched alkanes of at least 4 members (excludes halogenated alkanes) is 1. The Morgan fingerprint density at radius 3 is 2.03 bits per heavy atom. The maximum absolute atomic E-state index is 15.2. The number of benzene rings is 4. The van der Waals surface area contributed by atoms with Crippen LogP contribution in [-0.2, 0) is 19.3 Å². The van der Waals surface area contributed by atoms with Crippen molar-refractivity contribution in [2.45, 2.75) is 45.4 Å². The van der Waals surface area contributed by atoms with E-state index in [0.717, 1.165) is 37.0 Å². The fourth-order valence-electron chi connectivity index (χ4n) is 4.14. The number of ether oxygens (including phenoxy) is 1. The fraction of sp³-hybridized carbons (Fsp3) is 0.241. The smallest absolute Gasteiger partial charge is 0.403 e. The van der Waals surface area contributed by atoms with Crippen LogP contribution in [0.5, 0.6) is 5.75 Å². The maximum atomic E-state index is 15.2. The van der Waals surface area contributed by atoms with Gasteiger partial charge in [-0.25, -0.2) is 8.78 Å². The number of fused-ring (bicyclic) bond motifs is 1. The third-order valence-corrected chi connectivity index (χ3v) is 6.03. The molecule has 0 radical (unpaired) electrons. The predicted octanol–water partition coefficient (Wildman–Crippen LogP) is 8.81. The number of rotatable bonds is 8. The SMILES string of the molecule is CCCCc1ccc(CCc2ccc3c(F)c(-c4ccc(OC(F)(F)F)c(F)c4)ccc3c2)cc1. The van der Waals surface area contributed by atoms with Crippen molar-refractivity contribution in [2.75, 3.05) is 0 Å². The van der Waals surface area contributed by atoms with Gasteiger partial charge in [0.1, 0.15) is 5.82 Å². The highest BCUT2D eigenvalue weighted by molar-refractivity contribution is 5.88. The van der Waals surface area contributed by atoms with Crippen LogP contribution in [0.1, 0.15) is 36.5 Å². The molecule has 0 unspecified atom stereocenters. The third-order valence-electron chi connectivity index (χ3n) is 6.03. The minimum atomic E-state index is -5.01. The summed E-state index contributed by atoms with van der Waals surface area (Å²) in [6, 6.07) is 20.3. The summed E-state index contributed by atoms with van der Waals surface area (Å²) in [5.74, 6) is -2.73. The van der Waals surface area contributed by atoms with Gasteiger partial charge in [0.05, 0.1) is 0 Å². The Labute approximate surface area is 201 Å². The molecule has 0 aromatic heterocycles. The zero-order valence-corrected chi connectivity index (χ0v) is 19.3. The molecule has 4 aromatic carbocycles. The Hall–Kier alpha value is -3.41. The van der Waals surface area contributed by atoms with Gasteiger partial charge in [0.25, 0.3) is 0 Å². The monoisotopic (exact) mass is 484 g/mol. The van der Waals surface area contributed by atoms with Crippen LogP contribution < -0.4 is 4.74 Å². The molecular weight excluding hydrogens is 459 g/mol. The van der Waals surface area contributed by atoms with E-state index in [1.807, 2.05) is 12.1 Å². The predicted molar refractivity (Wildman–Crippen MR) is 128 cm³/mol. The quantitative estimate of drug-likeness (QED) is 0.227. The fourth-order valence-corrected chi connectivity index (χ4v) is 4.14. The molecular formula is C29H25F5O. The number of halogens is 5. The van der Waals surface area contributed by atoms with Gasteiger partial charge in [-0.05, 0) is 65.5 Å². The summed E-state index contributed by atoms with van der Waals surface area (Å²) in [6.07, 6.45) is 0.109. The highest BCUT2D eigenvalue weighted by atomic mass is 19.4. The molecule has 0 bridgehead atoms. The van der Waals surface area contributed by atoms with Gasteiger partial charge in [-0.15, -0.1) is 13.2 Å². The average Bonchev–Trinajstić information content (AvgIpc) is 2.83. The van der Waals surface area contributed by atoms with E-state index in [4.69, 9.17) is 0 Å². The standard InChI is InChI=1S/C29H25F5O/c1-2-3-4-19-5-7-20(8-6-19)9-10-21-11-14-24-22(17-21)12-15-25(28(24)31)23-13-16-27(26(30)18-23)35-29(32,33)34/h5-8,11-18H,2-4,9-10H2,1H3. The summed E-state index contributed by atoms with van der Waals surface area (Å²) in [4.78, 5) is 0. The van der Waals surface area contributed by atoms with Gasteiger partial charge in [-0.3, -0.25) is 0 Å². The zero-order valence-electron chi connectivity index (χ0n) is 19.3. The largest absolute Gasteiger partial charge is 0.573 e. The molecule has 0 aliphatic carbocycles. The average molecular weight is 485 g/mol. The Morgan fingerprint density at radius 2 is 1.37 bits per heavy atom. The molecule has 0 amide bonds. The molecule has 4 aromatic rings. The van der Waals surface area contributed by atoms with Crippen molar-refractivity contribution < 1.29 is 26.7 Å². The maximum Gasteiger partial charge on any atom is 0.573 e. The van der Waals surface area contributed by atoms with Gasteiger partial charge in [0.15, 0.2) is 11.6 Å². The van der Waals surface area contributed by atoms with Crippen LogP contribution in [0.2, 0.25) is 0 Å². The molecule has 35 heavy (non-hydrogen) atoms. The number of aryl methyl sites for hydroxylation is 3. The Kier molecular flexibility index (Phi) is 7.39. The van der Waals surface area contributed by atoms with Gasteiger partial charge < -0.3 is 4.74 Å². The van der Waals surface area contributed by atoms with Crippen LogP contribution in [-0.4, -0.2) is 6.36 Å². The second-order valence-electron chi connectivity index (χ2n) is 8.60. The zero-order chi connectivity index (χ0) is 25.0. The Balaban J connectivity index is 1.50. The molecule has 182 valence electrons. The molecule has 0 spiro atoms. The molecule has 0 atom stereocenters. The molecule has 0 fully saturated rings. The third kappa shape index (κ3) is 6.18. The molecule has 4 rings (SSSR count). The number of alkyl halides is 3. The van der Waals surface area contributed by atoms with E-state index in [0.29, 0.717) is 10.8 Å².